The Morgan fingerprint density at radius 1 is 1.10 bits per heavy atom. The zero-order valence-corrected chi connectivity index (χ0v) is 13.9. The Bertz CT molecular complexity index is 639. The number of ether oxygens (including phenoxy) is 2. The van der Waals surface area contributed by atoms with E-state index in [1.165, 1.54) is 11.1 Å². The van der Waals surface area contributed by atoms with Crippen LogP contribution >= 0.6 is 23.2 Å². The lowest BCUT2D eigenvalue weighted by Gasteiger charge is -2.15. The molecule has 2 aromatic rings. The number of benzene rings is 2. The lowest BCUT2D eigenvalue weighted by Crippen LogP contribution is -2.01. The molecule has 112 valence electrons. The Hall–Kier alpha value is -1.38. The van der Waals surface area contributed by atoms with Crippen LogP contribution in [0.1, 0.15) is 22.3 Å². The summed E-state index contributed by atoms with van der Waals surface area (Å²) in [5.41, 5.74) is 4.43. The molecule has 0 spiro atoms. The highest BCUT2D eigenvalue weighted by atomic mass is 35.5. The molecule has 2 nitrogen and oxygen atoms in total. The van der Waals surface area contributed by atoms with Gasteiger partial charge in [-0.05, 0) is 42.7 Å². The molecule has 0 aromatic heterocycles. The number of methoxy groups -OCH3 is 1. The summed E-state index contributed by atoms with van der Waals surface area (Å²) in [6, 6.07) is 9.93. The predicted octanol–water partition coefficient (Wildman–Crippen LogP) is 5.28. The quantitative estimate of drug-likeness (QED) is 0.696. The second-order valence-corrected chi connectivity index (χ2v) is 5.64. The molecule has 0 amide bonds. The maximum absolute atomic E-state index is 6.27. The average molecular weight is 325 g/mol. The molecule has 2 rings (SSSR count). The van der Waals surface area contributed by atoms with E-state index in [-0.39, 0.29) is 0 Å². The fraction of sp³-hybridized carbons (Fsp3) is 0.294. The van der Waals surface area contributed by atoms with Gasteiger partial charge in [-0.2, -0.15) is 0 Å². The van der Waals surface area contributed by atoms with Gasteiger partial charge in [-0.25, -0.2) is 0 Å². The van der Waals surface area contributed by atoms with Crippen molar-refractivity contribution in [1.82, 2.24) is 0 Å². The highest BCUT2D eigenvalue weighted by Gasteiger charge is 2.12. The topological polar surface area (TPSA) is 18.5 Å². The minimum absolute atomic E-state index is 0.382. The summed E-state index contributed by atoms with van der Waals surface area (Å²) in [7, 11) is 1.59. The lowest BCUT2D eigenvalue weighted by atomic mass is 10.1. The summed E-state index contributed by atoms with van der Waals surface area (Å²) in [4.78, 5) is 0. The van der Waals surface area contributed by atoms with Crippen LogP contribution in [-0.2, 0) is 12.5 Å². The van der Waals surface area contributed by atoms with E-state index in [4.69, 9.17) is 32.7 Å². The van der Waals surface area contributed by atoms with Gasteiger partial charge in [-0.3, -0.25) is 0 Å². The first-order valence-electron chi connectivity index (χ1n) is 6.66. The van der Waals surface area contributed by atoms with Crippen LogP contribution in [0, 0.1) is 13.8 Å². The highest BCUT2D eigenvalue weighted by molar-refractivity contribution is 6.32. The summed E-state index contributed by atoms with van der Waals surface area (Å²) in [5.74, 6) is 1.53. The normalized spacial score (nSPS) is 10.5. The number of alkyl halides is 1. The van der Waals surface area contributed by atoms with Gasteiger partial charge >= 0.3 is 0 Å². The van der Waals surface area contributed by atoms with E-state index in [0.29, 0.717) is 29.0 Å². The van der Waals surface area contributed by atoms with Crippen LogP contribution in [0.15, 0.2) is 30.3 Å². The average Bonchev–Trinajstić information content (AvgIpc) is 2.48. The molecule has 0 bridgehead atoms. The second-order valence-electron chi connectivity index (χ2n) is 4.96. The summed E-state index contributed by atoms with van der Waals surface area (Å²) in [5, 5.41) is 0.510. The molecule has 4 heteroatoms. The predicted molar refractivity (Wildman–Crippen MR) is 87.8 cm³/mol. The molecule has 2 aromatic carbocycles. The smallest absolute Gasteiger partial charge is 0.180 e. The number of hydrogen-bond acceptors (Lipinski definition) is 2. The Morgan fingerprint density at radius 2 is 1.86 bits per heavy atom. The van der Waals surface area contributed by atoms with E-state index in [1.54, 1.807) is 13.2 Å². The van der Waals surface area contributed by atoms with Crippen molar-refractivity contribution in [2.24, 2.45) is 0 Å². The van der Waals surface area contributed by atoms with Crippen LogP contribution in [0.2, 0.25) is 5.02 Å². The lowest BCUT2D eigenvalue weighted by molar-refractivity contribution is 0.284. The maximum Gasteiger partial charge on any atom is 0.180 e. The molecule has 0 atom stereocenters. The molecule has 0 heterocycles. The SMILES string of the molecule is COc1cc(CCl)cc(Cl)c1OCc1cc(C)ccc1C. The standard InChI is InChI=1S/C17H18Cl2O2/c1-11-4-5-12(2)14(6-11)10-21-17-15(19)7-13(9-18)8-16(17)20-3/h4-8H,9-10H2,1-3H3. The third-order valence-corrected chi connectivity index (χ3v) is 3.91. The fourth-order valence-electron chi connectivity index (χ4n) is 2.10. The molecule has 0 saturated heterocycles. The van der Waals surface area contributed by atoms with Crippen LogP contribution in [0.25, 0.3) is 0 Å². The molecular formula is C17H18Cl2O2. The third kappa shape index (κ3) is 3.84. The highest BCUT2D eigenvalue weighted by Crippen LogP contribution is 2.37. The van der Waals surface area contributed by atoms with Crippen molar-refractivity contribution in [2.75, 3.05) is 7.11 Å². The van der Waals surface area contributed by atoms with Crippen LogP contribution < -0.4 is 9.47 Å². The van der Waals surface area contributed by atoms with Crippen LogP contribution in [0.5, 0.6) is 11.5 Å². The first-order chi connectivity index (χ1) is 10.0. The molecule has 0 unspecified atom stereocenters. The molecular weight excluding hydrogens is 307 g/mol. The Morgan fingerprint density at radius 3 is 2.52 bits per heavy atom. The third-order valence-electron chi connectivity index (χ3n) is 3.32. The molecule has 0 aliphatic heterocycles. The van der Waals surface area contributed by atoms with Gasteiger partial charge in [0.25, 0.3) is 0 Å². The van der Waals surface area contributed by atoms with Crippen LogP contribution in [-0.4, -0.2) is 7.11 Å². The fourth-order valence-corrected chi connectivity index (χ4v) is 2.54. The van der Waals surface area contributed by atoms with Gasteiger partial charge in [0.1, 0.15) is 6.61 Å². The van der Waals surface area contributed by atoms with Crippen molar-refractivity contribution in [1.29, 1.82) is 0 Å². The van der Waals surface area contributed by atoms with Crippen molar-refractivity contribution in [3.05, 3.63) is 57.6 Å². The van der Waals surface area contributed by atoms with Crippen molar-refractivity contribution >= 4 is 23.2 Å². The van der Waals surface area contributed by atoms with Gasteiger partial charge in [0.2, 0.25) is 0 Å². The summed E-state index contributed by atoms with van der Waals surface area (Å²) < 4.78 is 11.2. The van der Waals surface area contributed by atoms with E-state index >= 15 is 0 Å². The van der Waals surface area contributed by atoms with Crippen LogP contribution in [0.3, 0.4) is 0 Å². The molecule has 0 fully saturated rings. The minimum atomic E-state index is 0.382. The molecule has 0 radical (unpaired) electrons. The molecule has 0 saturated carbocycles. The Labute approximate surface area is 135 Å². The number of hydrogen-bond donors (Lipinski definition) is 0. The van der Waals surface area contributed by atoms with E-state index in [0.717, 1.165) is 11.1 Å². The van der Waals surface area contributed by atoms with Crippen molar-refractivity contribution in [3.8, 4) is 11.5 Å². The van der Waals surface area contributed by atoms with E-state index in [1.807, 2.05) is 6.07 Å². The van der Waals surface area contributed by atoms with Gasteiger partial charge in [0.15, 0.2) is 11.5 Å². The molecule has 0 N–H and O–H groups in total. The zero-order chi connectivity index (χ0) is 15.4. The van der Waals surface area contributed by atoms with Crippen LogP contribution in [0.4, 0.5) is 0 Å². The number of rotatable bonds is 5. The number of halogens is 2. The van der Waals surface area contributed by atoms with E-state index in [2.05, 4.69) is 32.0 Å². The van der Waals surface area contributed by atoms with Crippen molar-refractivity contribution < 1.29 is 9.47 Å². The molecule has 0 aliphatic carbocycles. The Balaban J connectivity index is 2.25. The van der Waals surface area contributed by atoms with Gasteiger partial charge in [0, 0.05) is 5.88 Å². The summed E-state index contributed by atoms with van der Waals surface area (Å²) in [6.07, 6.45) is 0. The number of aryl methyl sites for hydroxylation is 2. The minimum Gasteiger partial charge on any atom is -0.493 e. The van der Waals surface area contributed by atoms with Gasteiger partial charge in [-0.1, -0.05) is 35.4 Å². The van der Waals surface area contributed by atoms with E-state index < -0.39 is 0 Å². The first kappa shape index (κ1) is 16.0. The first-order valence-corrected chi connectivity index (χ1v) is 7.57. The maximum atomic E-state index is 6.27. The largest absolute Gasteiger partial charge is 0.493 e. The summed E-state index contributed by atoms with van der Waals surface area (Å²) >= 11 is 12.1. The van der Waals surface area contributed by atoms with Crippen molar-refractivity contribution in [2.45, 2.75) is 26.3 Å². The molecule has 0 aliphatic rings. The summed E-state index contributed by atoms with van der Waals surface area (Å²) in [6.45, 7) is 4.57. The van der Waals surface area contributed by atoms with Gasteiger partial charge < -0.3 is 9.47 Å². The van der Waals surface area contributed by atoms with Crippen molar-refractivity contribution in [3.63, 3.8) is 0 Å². The van der Waals surface area contributed by atoms with E-state index in [9.17, 15) is 0 Å². The monoisotopic (exact) mass is 324 g/mol. The molecule has 21 heavy (non-hydrogen) atoms. The second kappa shape index (κ2) is 7.06. The Kier molecular flexibility index (Phi) is 5.38. The zero-order valence-electron chi connectivity index (χ0n) is 12.4. The van der Waals surface area contributed by atoms with Gasteiger partial charge in [0.05, 0.1) is 12.1 Å². The van der Waals surface area contributed by atoms with Gasteiger partial charge in [-0.15, -0.1) is 11.6 Å².